The van der Waals surface area contributed by atoms with Gasteiger partial charge in [0.05, 0.1) is 5.56 Å². The summed E-state index contributed by atoms with van der Waals surface area (Å²) in [4.78, 5) is 4.45. The molecule has 19 heavy (non-hydrogen) atoms. The van der Waals surface area contributed by atoms with Gasteiger partial charge in [-0.25, -0.2) is 0 Å². The van der Waals surface area contributed by atoms with E-state index in [0.29, 0.717) is 0 Å². The number of hydrogen-bond donors (Lipinski definition) is 0. The summed E-state index contributed by atoms with van der Waals surface area (Å²) < 4.78 is 9.48. The maximum absolute atomic E-state index is 6.01. The number of aromatic nitrogens is 2. The predicted octanol–water partition coefficient (Wildman–Crippen LogP) is 3.36. The molecular formula is C15H9N2OS+. The Morgan fingerprint density at radius 2 is 2.11 bits per heavy atom. The molecule has 1 aromatic carbocycles. The maximum atomic E-state index is 6.01. The summed E-state index contributed by atoms with van der Waals surface area (Å²) in [5, 5.41) is 2.46. The minimum Gasteiger partial charge on any atom is -0.403 e. The molecule has 3 aromatic heterocycles. The number of para-hydroxylation sites is 1. The van der Waals surface area contributed by atoms with E-state index >= 15 is 0 Å². The second-order valence-corrected chi connectivity index (χ2v) is 5.72. The minimum absolute atomic E-state index is 0.811. The first kappa shape index (κ1) is 9.69. The van der Waals surface area contributed by atoms with E-state index in [9.17, 15) is 0 Å². The van der Waals surface area contributed by atoms with Crippen LogP contribution in [-0.4, -0.2) is 4.98 Å². The fraction of sp³-hybridized carbons (Fsp3) is 0.0667. The van der Waals surface area contributed by atoms with Crippen LogP contribution in [0.5, 0.6) is 0 Å². The van der Waals surface area contributed by atoms with Gasteiger partial charge in [-0.05, 0) is 24.3 Å². The number of thiazole rings is 1. The molecule has 0 spiro atoms. The van der Waals surface area contributed by atoms with E-state index in [1.165, 1.54) is 20.7 Å². The van der Waals surface area contributed by atoms with Gasteiger partial charge >= 0.3 is 5.71 Å². The molecule has 0 N–H and O–H groups in total. The van der Waals surface area contributed by atoms with Crippen LogP contribution in [0.2, 0.25) is 0 Å². The lowest BCUT2D eigenvalue weighted by Crippen LogP contribution is -2.30. The molecule has 4 aromatic rings. The summed E-state index contributed by atoms with van der Waals surface area (Å²) in [5.74, 6) is 0. The monoisotopic (exact) mass is 265 g/mol. The Morgan fingerprint density at radius 3 is 3.11 bits per heavy atom. The van der Waals surface area contributed by atoms with Crippen molar-refractivity contribution in [3.8, 4) is 10.6 Å². The molecule has 90 valence electrons. The van der Waals surface area contributed by atoms with Crippen molar-refractivity contribution in [2.24, 2.45) is 0 Å². The van der Waals surface area contributed by atoms with Crippen molar-refractivity contribution in [2.45, 2.75) is 6.54 Å². The Labute approximate surface area is 112 Å². The van der Waals surface area contributed by atoms with E-state index in [-0.39, 0.29) is 0 Å². The van der Waals surface area contributed by atoms with E-state index in [2.05, 4.69) is 27.8 Å². The van der Waals surface area contributed by atoms with E-state index in [1.807, 2.05) is 24.4 Å². The molecule has 0 saturated carbocycles. The van der Waals surface area contributed by atoms with Crippen molar-refractivity contribution in [3.05, 3.63) is 48.3 Å². The van der Waals surface area contributed by atoms with Crippen molar-refractivity contribution in [3.63, 3.8) is 0 Å². The Balaban J connectivity index is 1.93. The van der Waals surface area contributed by atoms with E-state index in [4.69, 9.17) is 4.42 Å². The number of furan rings is 1. The van der Waals surface area contributed by atoms with Gasteiger partial charge in [-0.15, -0.1) is 4.57 Å². The molecule has 0 aliphatic carbocycles. The third-order valence-electron chi connectivity index (χ3n) is 3.65. The standard InChI is InChI=1S/C15H9N2OS/c1-2-6-12-10(4-1)13-14(18-12)17-8-11-9(15(17)19-13)5-3-7-16-11/h1-7H,8H2/q+1. The quantitative estimate of drug-likeness (QED) is 0.402. The second kappa shape index (κ2) is 3.22. The lowest BCUT2D eigenvalue weighted by molar-refractivity contribution is -0.648. The first-order chi connectivity index (χ1) is 9.42. The first-order valence-electron chi connectivity index (χ1n) is 6.20. The number of hydrogen-bond acceptors (Lipinski definition) is 3. The van der Waals surface area contributed by atoms with Gasteiger partial charge in [-0.1, -0.05) is 23.5 Å². The summed E-state index contributed by atoms with van der Waals surface area (Å²) in [6.07, 6.45) is 1.85. The molecule has 0 radical (unpaired) electrons. The highest BCUT2D eigenvalue weighted by molar-refractivity contribution is 7.22. The van der Waals surface area contributed by atoms with Crippen LogP contribution in [-0.2, 0) is 6.54 Å². The average molecular weight is 265 g/mol. The molecule has 0 amide bonds. The summed E-state index contributed by atoms with van der Waals surface area (Å²) in [6.45, 7) is 0.811. The fourth-order valence-corrected chi connectivity index (χ4v) is 4.05. The van der Waals surface area contributed by atoms with Crippen LogP contribution >= 0.6 is 11.3 Å². The second-order valence-electron chi connectivity index (χ2n) is 4.72. The molecule has 4 heterocycles. The van der Waals surface area contributed by atoms with Crippen molar-refractivity contribution in [1.82, 2.24) is 4.98 Å². The molecule has 0 bridgehead atoms. The molecule has 0 fully saturated rings. The zero-order valence-electron chi connectivity index (χ0n) is 9.96. The van der Waals surface area contributed by atoms with Gasteiger partial charge in [-0.3, -0.25) is 4.98 Å². The molecule has 0 unspecified atom stereocenters. The molecule has 0 saturated heterocycles. The highest BCUT2D eigenvalue weighted by Crippen LogP contribution is 2.39. The number of pyridine rings is 1. The van der Waals surface area contributed by atoms with Gasteiger partial charge in [0.25, 0.3) is 5.01 Å². The van der Waals surface area contributed by atoms with Crippen molar-refractivity contribution < 1.29 is 8.98 Å². The number of benzene rings is 1. The van der Waals surface area contributed by atoms with Gasteiger partial charge in [0.2, 0.25) is 0 Å². The lowest BCUT2D eigenvalue weighted by Gasteiger charge is -1.88. The van der Waals surface area contributed by atoms with E-state index in [0.717, 1.165) is 23.5 Å². The van der Waals surface area contributed by atoms with Crippen LogP contribution in [0, 0.1) is 0 Å². The van der Waals surface area contributed by atoms with Gasteiger partial charge in [0.1, 0.15) is 11.3 Å². The third-order valence-corrected chi connectivity index (χ3v) is 4.88. The highest BCUT2D eigenvalue weighted by Gasteiger charge is 2.35. The summed E-state index contributed by atoms with van der Waals surface area (Å²) in [5.41, 5.74) is 4.31. The molecular weight excluding hydrogens is 256 g/mol. The van der Waals surface area contributed by atoms with E-state index < -0.39 is 0 Å². The predicted molar refractivity (Wildman–Crippen MR) is 74.1 cm³/mol. The SMILES string of the molecule is c1cnc2c(c1)-c1sc3c4ccccc4oc3[n+]1C2. The summed E-state index contributed by atoms with van der Waals surface area (Å²) in [6, 6.07) is 12.3. The zero-order valence-corrected chi connectivity index (χ0v) is 10.8. The van der Waals surface area contributed by atoms with Crippen LogP contribution in [0.4, 0.5) is 0 Å². The molecule has 1 aliphatic rings. The van der Waals surface area contributed by atoms with Gasteiger partial charge in [0, 0.05) is 11.6 Å². The smallest absolute Gasteiger partial charge is 0.393 e. The summed E-state index contributed by atoms with van der Waals surface area (Å²) in [7, 11) is 0. The third kappa shape index (κ3) is 1.12. The van der Waals surface area contributed by atoms with Crippen LogP contribution in [0.1, 0.15) is 5.69 Å². The van der Waals surface area contributed by atoms with Crippen LogP contribution in [0.25, 0.3) is 32.0 Å². The molecule has 3 nitrogen and oxygen atoms in total. The summed E-state index contributed by atoms with van der Waals surface area (Å²) >= 11 is 1.79. The largest absolute Gasteiger partial charge is 0.403 e. The maximum Gasteiger partial charge on any atom is 0.393 e. The Kier molecular flexibility index (Phi) is 1.64. The molecule has 4 heteroatoms. The minimum atomic E-state index is 0.811. The molecule has 1 aliphatic heterocycles. The highest BCUT2D eigenvalue weighted by atomic mass is 32.1. The fourth-order valence-electron chi connectivity index (χ4n) is 2.78. The van der Waals surface area contributed by atoms with Gasteiger partial charge < -0.3 is 4.42 Å². The number of nitrogens with zero attached hydrogens (tertiary/aromatic N) is 2. The Bertz CT molecular complexity index is 951. The normalized spacial score (nSPS) is 13.1. The van der Waals surface area contributed by atoms with Crippen LogP contribution in [0.3, 0.4) is 0 Å². The van der Waals surface area contributed by atoms with Crippen molar-refractivity contribution in [2.75, 3.05) is 0 Å². The molecule has 0 atom stereocenters. The first-order valence-corrected chi connectivity index (χ1v) is 7.01. The Morgan fingerprint density at radius 1 is 1.16 bits per heavy atom. The van der Waals surface area contributed by atoms with Crippen molar-refractivity contribution >= 4 is 32.7 Å². The van der Waals surface area contributed by atoms with Gasteiger partial charge in [0.15, 0.2) is 11.2 Å². The number of fused-ring (bicyclic) bond motifs is 7. The van der Waals surface area contributed by atoms with E-state index in [1.54, 1.807) is 11.3 Å². The van der Waals surface area contributed by atoms with Gasteiger partial charge in [-0.2, -0.15) is 0 Å². The molecule has 5 rings (SSSR count). The zero-order chi connectivity index (χ0) is 12.4. The number of rotatable bonds is 0. The lowest BCUT2D eigenvalue weighted by atomic mass is 10.2. The van der Waals surface area contributed by atoms with Crippen LogP contribution in [0.15, 0.2) is 47.0 Å². The Hall–Kier alpha value is -2.20. The van der Waals surface area contributed by atoms with Crippen molar-refractivity contribution in [1.29, 1.82) is 0 Å². The van der Waals surface area contributed by atoms with Crippen LogP contribution < -0.4 is 4.57 Å². The average Bonchev–Trinajstić information content (AvgIpc) is 3.07. The topological polar surface area (TPSA) is 29.9 Å².